The van der Waals surface area contributed by atoms with Gasteiger partial charge < -0.3 is 29.6 Å². The third-order valence-electron chi connectivity index (χ3n) is 9.94. The molecule has 0 unspecified atom stereocenters. The second-order valence-corrected chi connectivity index (χ2v) is 17.5. The van der Waals surface area contributed by atoms with E-state index in [9.17, 15) is 24.3 Å². The van der Waals surface area contributed by atoms with Crippen LogP contribution in [-0.2, 0) is 26.5 Å². The number of rotatable bonds is 8. The van der Waals surface area contributed by atoms with Crippen LogP contribution in [0.15, 0.2) is 97.1 Å². The number of fused-ring (bicyclic) bond motifs is 4. The highest BCUT2D eigenvalue weighted by molar-refractivity contribution is 6.71. The molecule has 0 saturated carbocycles. The fourth-order valence-corrected chi connectivity index (χ4v) is 10.4. The molecule has 0 aromatic heterocycles. The Labute approximate surface area is 286 Å². The Morgan fingerprint density at radius 3 is 2.39 bits per heavy atom. The van der Waals surface area contributed by atoms with Crippen molar-refractivity contribution in [3.63, 3.8) is 0 Å². The van der Waals surface area contributed by atoms with Crippen LogP contribution in [0, 0.1) is 5.92 Å². The number of para-hydroxylation sites is 3. The molecule has 4 aromatic rings. The summed E-state index contributed by atoms with van der Waals surface area (Å²) in [4.78, 5) is 57.0. The molecule has 1 saturated heterocycles. The molecule has 252 valence electrons. The van der Waals surface area contributed by atoms with Crippen LogP contribution in [0.3, 0.4) is 0 Å². The lowest BCUT2D eigenvalue weighted by molar-refractivity contribution is -0.148. The van der Waals surface area contributed by atoms with Gasteiger partial charge in [-0.3, -0.25) is 19.3 Å². The van der Waals surface area contributed by atoms with Crippen LogP contribution in [0.5, 0.6) is 11.5 Å². The van der Waals surface area contributed by atoms with E-state index in [1.165, 1.54) is 0 Å². The van der Waals surface area contributed by atoms with Crippen molar-refractivity contribution in [1.29, 1.82) is 0 Å². The van der Waals surface area contributed by atoms with Crippen LogP contribution in [0.4, 0.5) is 17.1 Å². The van der Waals surface area contributed by atoms with Gasteiger partial charge in [-0.25, -0.2) is 0 Å². The van der Waals surface area contributed by atoms with E-state index in [-0.39, 0.29) is 37.3 Å². The van der Waals surface area contributed by atoms with Crippen molar-refractivity contribution in [2.45, 2.75) is 50.2 Å². The van der Waals surface area contributed by atoms with Crippen LogP contribution in [0.2, 0.25) is 18.6 Å². The van der Waals surface area contributed by atoms with E-state index in [0.717, 1.165) is 5.56 Å². The van der Waals surface area contributed by atoms with Crippen molar-refractivity contribution in [2.24, 2.45) is 5.92 Å². The second kappa shape index (κ2) is 12.6. The van der Waals surface area contributed by atoms with Gasteiger partial charge in [-0.05, 0) is 61.1 Å². The summed E-state index contributed by atoms with van der Waals surface area (Å²) in [5, 5.41) is 12.8. The molecule has 10 nitrogen and oxygen atoms in total. The predicted octanol–water partition coefficient (Wildman–Crippen LogP) is 5.93. The van der Waals surface area contributed by atoms with Gasteiger partial charge in [0.05, 0.1) is 30.4 Å². The van der Waals surface area contributed by atoms with E-state index in [0.29, 0.717) is 46.2 Å². The summed E-state index contributed by atoms with van der Waals surface area (Å²) in [6, 6.07) is 29.2. The van der Waals surface area contributed by atoms with Crippen molar-refractivity contribution in [1.82, 2.24) is 4.90 Å². The van der Waals surface area contributed by atoms with Crippen LogP contribution in [-0.4, -0.2) is 60.1 Å². The summed E-state index contributed by atoms with van der Waals surface area (Å²) < 4.78 is 13.0. The molecular weight excluding hydrogens is 639 g/mol. The summed E-state index contributed by atoms with van der Waals surface area (Å²) >= 11 is 0. The number of amides is 3. The molecule has 3 aliphatic heterocycles. The lowest BCUT2D eigenvalue weighted by Crippen LogP contribution is -2.44. The number of aliphatic hydroxyl groups is 1. The Balaban J connectivity index is 1.27. The molecule has 7 rings (SSSR count). The Kier molecular flexibility index (Phi) is 8.40. The topological polar surface area (TPSA) is 129 Å². The van der Waals surface area contributed by atoms with Gasteiger partial charge in [0, 0.05) is 41.5 Å². The first-order valence-electron chi connectivity index (χ1n) is 16.5. The van der Waals surface area contributed by atoms with E-state index in [2.05, 4.69) is 5.32 Å². The molecule has 4 atom stereocenters. The molecule has 0 aliphatic carbocycles. The minimum atomic E-state index is -3.05. The van der Waals surface area contributed by atoms with Crippen LogP contribution >= 0.6 is 0 Å². The van der Waals surface area contributed by atoms with E-state index in [1.807, 2.05) is 61.5 Å². The summed E-state index contributed by atoms with van der Waals surface area (Å²) in [7, 11) is -3.05. The summed E-state index contributed by atoms with van der Waals surface area (Å²) in [6.45, 7) is 5.74. The summed E-state index contributed by atoms with van der Waals surface area (Å²) in [5.41, 5.74) is 1.46. The third-order valence-corrected chi connectivity index (χ3v) is 12.4. The molecule has 4 aromatic carbocycles. The van der Waals surface area contributed by atoms with Gasteiger partial charge in [-0.2, -0.15) is 0 Å². The molecule has 3 heterocycles. The fourth-order valence-electron chi connectivity index (χ4n) is 7.81. The van der Waals surface area contributed by atoms with Crippen molar-refractivity contribution >= 4 is 43.1 Å². The van der Waals surface area contributed by atoms with Crippen molar-refractivity contribution in [3.8, 4) is 11.5 Å². The zero-order valence-corrected chi connectivity index (χ0v) is 28.6. The van der Waals surface area contributed by atoms with Gasteiger partial charge in [0.2, 0.25) is 5.91 Å². The number of nitrogens with zero attached hydrogens (tertiary/aromatic N) is 2. The minimum Gasteiger partial charge on any atom is -0.454 e. The molecular formula is C38H39N3O7Si. The molecule has 0 bridgehead atoms. The van der Waals surface area contributed by atoms with Gasteiger partial charge in [0.25, 0.3) is 11.8 Å². The fraction of sp³-hybridized carbons (Fsp3) is 0.289. The zero-order valence-electron chi connectivity index (χ0n) is 27.6. The lowest BCUT2D eigenvalue weighted by Gasteiger charge is -2.32. The molecule has 1 spiro atoms. The van der Waals surface area contributed by atoms with E-state index in [1.54, 1.807) is 65.4 Å². The maximum atomic E-state index is 14.2. The molecule has 3 aliphatic rings. The van der Waals surface area contributed by atoms with Gasteiger partial charge in [0.1, 0.15) is 5.75 Å². The number of carbonyl (C=O) groups is 3. The van der Waals surface area contributed by atoms with Crippen molar-refractivity contribution < 1.29 is 33.8 Å². The predicted molar refractivity (Wildman–Crippen MR) is 187 cm³/mol. The Hall–Kier alpha value is -4.81. The Morgan fingerprint density at radius 2 is 1.65 bits per heavy atom. The van der Waals surface area contributed by atoms with Gasteiger partial charge >= 0.3 is 0 Å². The van der Waals surface area contributed by atoms with E-state index in [4.69, 9.17) is 9.47 Å². The SMILES string of the molecule is C[C@H]1[C@H]([Si](C)(C)O)[C@@H](CC(=O)N(CCO)Cc2ccccc2)O[C@]12C(=O)Nc1ccc(N3C(=O)c4ccccc4Oc4ccccc43)cc12. The largest absolute Gasteiger partial charge is 0.454 e. The first kappa shape index (κ1) is 32.7. The number of benzene rings is 4. The standard InChI is InChI=1S/C38H39N3O7Si/c1-24-35(49(2,3)46)33(22-34(43)40(19-20-42)23-25-11-5-4-6-12-25)48-38(24)28-21-26(17-18-29(28)39-37(38)45)41-30-14-8-10-16-32(30)47-31-15-9-7-13-27(31)36(41)44/h4-18,21,24,33,35,42,46H,19-20,22-23H2,1-3H3,(H,39,45)/t24-,33+,35-,38+/m0/s1. The normalized spacial score (nSPS) is 22.6. The monoisotopic (exact) mass is 677 g/mol. The quantitative estimate of drug-likeness (QED) is 0.197. The highest BCUT2D eigenvalue weighted by Crippen LogP contribution is 2.59. The molecule has 11 heteroatoms. The zero-order chi connectivity index (χ0) is 34.5. The van der Waals surface area contributed by atoms with E-state index >= 15 is 0 Å². The first-order chi connectivity index (χ1) is 23.5. The van der Waals surface area contributed by atoms with Crippen LogP contribution < -0.4 is 15.0 Å². The minimum absolute atomic E-state index is 0.0744. The number of carbonyl (C=O) groups excluding carboxylic acids is 3. The van der Waals surface area contributed by atoms with Gasteiger partial charge in [-0.1, -0.05) is 61.5 Å². The Bertz CT molecular complexity index is 1930. The smallest absolute Gasteiger partial charge is 0.266 e. The highest BCUT2D eigenvalue weighted by Gasteiger charge is 2.65. The number of anilines is 3. The summed E-state index contributed by atoms with van der Waals surface area (Å²) in [6.07, 6.45) is -0.845. The molecule has 49 heavy (non-hydrogen) atoms. The number of nitrogens with one attached hydrogen (secondary N) is 1. The first-order valence-corrected chi connectivity index (χ1v) is 19.5. The second-order valence-electron chi connectivity index (χ2n) is 13.5. The Morgan fingerprint density at radius 1 is 0.959 bits per heavy atom. The number of hydrogen-bond acceptors (Lipinski definition) is 7. The van der Waals surface area contributed by atoms with Crippen LogP contribution in [0.25, 0.3) is 0 Å². The van der Waals surface area contributed by atoms with Crippen molar-refractivity contribution in [3.05, 3.63) is 114 Å². The van der Waals surface area contributed by atoms with Crippen molar-refractivity contribution in [2.75, 3.05) is 23.4 Å². The van der Waals surface area contributed by atoms with Gasteiger partial charge in [-0.15, -0.1) is 0 Å². The third kappa shape index (κ3) is 5.62. The average molecular weight is 678 g/mol. The number of hydrogen-bond donors (Lipinski definition) is 3. The van der Waals surface area contributed by atoms with Crippen LogP contribution in [0.1, 0.15) is 34.8 Å². The molecule has 1 fully saturated rings. The van der Waals surface area contributed by atoms with Gasteiger partial charge in [0.15, 0.2) is 19.7 Å². The maximum absolute atomic E-state index is 14.2. The molecule has 3 amide bonds. The number of aliphatic hydroxyl groups excluding tert-OH is 1. The molecule has 3 N–H and O–H groups in total. The average Bonchev–Trinajstić information content (AvgIpc) is 3.49. The molecule has 0 radical (unpaired) electrons. The summed E-state index contributed by atoms with van der Waals surface area (Å²) in [5.74, 6) is -0.473. The highest BCUT2D eigenvalue weighted by atomic mass is 28.4. The number of ether oxygens (including phenoxy) is 2. The lowest BCUT2D eigenvalue weighted by atomic mass is 9.82. The maximum Gasteiger partial charge on any atom is 0.266 e. The van der Waals surface area contributed by atoms with E-state index < -0.39 is 31.5 Å².